The molecule has 0 aliphatic heterocycles. The molecular weight excluding hydrogens is 568 g/mol. The van der Waals surface area contributed by atoms with Crippen LogP contribution < -0.4 is 24.3 Å². The van der Waals surface area contributed by atoms with Gasteiger partial charge in [0.25, 0.3) is 0 Å². The number of pyridine rings is 1. The third-order valence-electron chi connectivity index (χ3n) is 6.60. The number of ketones is 1. The number of ether oxygens (including phenoxy) is 5. The lowest BCUT2D eigenvalue weighted by Crippen LogP contribution is -2.46. The van der Waals surface area contributed by atoms with E-state index < -0.39 is 41.5 Å². The molecule has 0 saturated carbocycles. The number of methoxy groups -OCH3 is 2. The van der Waals surface area contributed by atoms with Crippen molar-refractivity contribution in [2.24, 2.45) is 11.8 Å². The van der Waals surface area contributed by atoms with E-state index in [1.807, 2.05) is 26.0 Å². The Morgan fingerprint density at radius 1 is 0.909 bits per heavy atom. The number of amides is 1. The SMILES string of the molecule is COc1cc[n+]([O-])c(COc2cc(C[C@@H](C[C@H](NC(=O)OC(C)(C)C)C(=O)CC(=O)OC(C)(C)C)C(C)C)ccc2OC)c1. The second-order valence-electron chi connectivity index (χ2n) is 13.0. The predicted molar refractivity (Wildman–Crippen MR) is 165 cm³/mol. The monoisotopic (exact) mass is 616 g/mol. The zero-order valence-electron chi connectivity index (χ0n) is 27.6. The van der Waals surface area contributed by atoms with Crippen molar-refractivity contribution in [1.29, 1.82) is 0 Å². The van der Waals surface area contributed by atoms with E-state index in [0.29, 0.717) is 34.1 Å². The zero-order chi connectivity index (χ0) is 33.2. The van der Waals surface area contributed by atoms with Gasteiger partial charge in [-0.15, -0.1) is 0 Å². The van der Waals surface area contributed by atoms with Crippen LogP contribution in [0, 0.1) is 17.0 Å². The number of benzene rings is 1. The number of Topliss-reactive ketones (excluding diaryl/α,β-unsaturated/α-hetero) is 1. The van der Waals surface area contributed by atoms with Crippen LogP contribution in [0.1, 0.15) is 79.5 Å². The summed E-state index contributed by atoms with van der Waals surface area (Å²) in [7, 11) is 3.05. The van der Waals surface area contributed by atoms with E-state index in [4.69, 9.17) is 23.7 Å². The first-order valence-electron chi connectivity index (χ1n) is 14.7. The largest absolute Gasteiger partial charge is 0.618 e. The number of rotatable bonds is 14. The van der Waals surface area contributed by atoms with Crippen molar-refractivity contribution >= 4 is 17.8 Å². The highest BCUT2D eigenvalue weighted by Crippen LogP contribution is 2.32. The summed E-state index contributed by atoms with van der Waals surface area (Å²) in [6.45, 7) is 14.4. The number of nitrogens with one attached hydrogen (secondary N) is 1. The molecule has 1 heterocycles. The van der Waals surface area contributed by atoms with Gasteiger partial charge in [0.15, 0.2) is 30.1 Å². The first kappa shape index (κ1) is 36.2. The molecule has 1 aromatic heterocycles. The minimum Gasteiger partial charge on any atom is -0.618 e. The van der Waals surface area contributed by atoms with Gasteiger partial charge in [0, 0.05) is 6.07 Å². The third-order valence-corrected chi connectivity index (χ3v) is 6.60. The van der Waals surface area contributed by atoms with E-state index >= 15 is 0 Å². The van der Waals surface area contributed by atoms with Gasteiger partial charge < -0.3 is 34.2 Å². The van der Waals surface area contributed by atoms with Gasteiger partial charge in [-0.2, -0.15) is 4.73 Å². The van der Waals surface area contributed by atoms with Crippen molar-refractivity contribution in [3.8, 4) is 17.2 Å². The average molecular weight is 617 g/mol. The topological polar surface area (TPSA) is 136 Å². The summed E-state index contributed by atoms with van der Waals surface area (Å²) in [5, 5.41) is 14.9. The second-order valence-corrected chi connectivity index (χ2v) is 13.0. The van der Waals surface area contributed by atoms with Crippen molar-refractivity contribution in [3.05, 3.63) is 53.0 Å². The van der Waals surface area contributed by atoms with Gasteiger partial charge >= 0.3 is 12.1 Å². The lowest BCUT2D eigenvalue weighted by molar-refractivity contribution is -0.616. The van der Waals surface area contributed by atoms with Crippen LogP contribution in [0.3, 0.4) is 0 Å². The van der Waals surface area contributed by atoms with Crippen molar-refractivity contribution in [1.82, 2.24) is 5.32 Å². The van der Waals surface area contributed by atoms with Crippen LogP contribution in [-0.4, -0.2) is 49.3 Å². The predicted octanol–water partition coefficient (Wildman–Crippen LogP) is 5.32. The Kier molecular flexibility index (Phi) is 12.8. The van der Waals surface area contributed by atoms with E-state index in [-0.39, 0.29) is 24.9 Å². The minimum absolute atomic E-state index is 0.0187. The van der Waals surface area contributed by atoms with Gasteiger partial charge in [-0.1, -0.05) is 19.9 Å². The fourth-order valence-corrected chi connectivity index (χ4v) is 4.42. The molecule has 0 unspecified atom stereocenters. The van der Waals surface area contributed by atoms with Gasteiger partial charge in [0.2, 0.25) is 5.69 Å². The van der Waals surface area contributed by atoms with Gasteiger partial charge in [0.05, 0.1) is 26.3 Å². The first-order chi connectivity index (χ1) is 20.4. The van der Waals surface area contributed by atoms with Crippen LogP contribution in [0.25, 0.3) is 0 Å². The lowest BCUT2D eigenvalue weighted by Gasteiger charge is -2.28. The molecule has 0 fully saturated rings. The Morgan fingerprint density at radius 2 is 1.57 bits per heavy atom. The molecule has 0 aliphatic rings. The van der Waals surface area contributed by atoms with Gasteiger partial charge in [-0.3, -0.25) is 9.59 Å². The van der Waals surface area contributed by atoms with Gasteiger partial charge in [-0.25, -0.2) is 4.79 Å². The van der Waals surface area contributed by atoms with Crippen LogP contribution in [0.4, 0.5) is 4.79 Å². The smallest absolute Gasteiger partial charge is 0.408 e. The van der Waals surface area contributed by atoms with Crippen molar-refractivity contribution in [3.63, 3.8) is 0 Å². The summed E-state index contributed by atoms with van der Waals surface area (Å²) in [4.78, 5) is 38.5. The molecular formula is C33H48N2O9. The minimum atomic E-state index is -0.973. The maximum absolute atomic E-state index is 13.3. The highest BCUT2D eigenvalue weighted by molar-refractivity contribution is 5.99. The second kappa shape index (κ2) is 15.6. The average Bonchev–Trinajstić information content (AvgIpc) is 2.89. The standard InChI is InChI=1S/C33H48N2O9/c1-21(2)23(17-26(34-31(38)44-33(6,7)8)27(36)19-30(37)43-32(3,4)5)15-22-11-12-28(41-10)29(16-22)42-20-24-18-25(40-9)13-14-35(24)39/h11-14,16,18,21,23,26H,15,17,19-20H2,1-10H3,(H,34,38)/t23-,26-/m0/s1. The van der Waals surface area contributed by atoms with Crippen LogP contribution in [0.5, 0.6) is 17.2 Å². The third kappa shape index (κ3) is 12.3. The molecule has 244 valence electrons. The molecule has 0 spiro atoms. The molecule has 2 aromatic rings. The van der Waals surface area contributed by atoms with Gasteiger partial charge in [0.1, 0.15) is 23.4 Å². The maximum atomic E-state index is 13.3. The summed E-state index contributed by atoms with van der Waals surface area (Å²) >= 11 is 0. The van der Waals surface area contributed by atoms with E-state index in [1.54, 1.807) is 59.7 Å². The molecule has 1 N–H and O–H groups in total. The molecule has 44 heavy (non-hydrogen) atoms. The Hall–Kier alpha value is -4.02. The molecule has 11 heteroatoms. The lowest BCUT2D eigenvalue weighted by atomic mass is 9.83. The number of esters is 1. The molecule has 2 atom stereocenters. The Bertz CT molecular complexity index is 1280. The van der Waals surface area contributed by atoms with Crippen LogP contribution in [-0.2, 0) is 32.1 Å². The molecule has 0 aliphatic carbocycles. The quantitative estimate of drug-likeness (QED) is 0.129. The van der Waals surface area contributed by atoms with Crippen LogP contribution in [0.15, 0.2) is 36.5 Å². The highest BCUT2D eigenvalue weighted by Gasteiger charge is 2.31. The number of aromatic nitrogens is 1. The fraction of sp³-hybridized carbons (Fsp3) is 0.576. The van der Waals surface area contributed by atoms with Crippen LogP contribution >= 0.6 is 0 Å². The Labute approximate surface area is 260 Å². The van der Waals surface area contributed by atoms with E-state index in [1.165, 1.54) is 20.4 Å². The van der Waals surface area contributed by atoms with Crippen molar-refractivity contribution in [2.45, 2.75) is 98.5 Å². The summed E-state index contributed by atoms with van der Waals surface area (Å²) in [6, 6.07) is 7.71. The molecule has 1 aromatic carbocycles. The molecule has 2 rings (SSSR count). The summed E-state index contributed by atoms with van der Waals surface area (Å²) < 4.78 is 28.2. The van der Waals surface area contributed by atoms with Crippen LogP contribution in [0.2, 0.25) is 0 Å². The molecule has 11 nitrogen and oxygen atoms in total. The first-order valence-corrected chi connectivity index (χ1v) is 14.7. The summed E-state index contributed by atoms with van der Waals surface area (Å²) in [5.74, 6) is 0.375. The molecule has 0 saturated heterocycles. The normalized spacial score (nSPS) is 13.1. The number of carbonyl (C=O) groups is 3. The van der Waals surface area contributed by atoms with E-state index in [2.05, 4.69) is 5.32 Å². The van der Waals surface area contributed by atoms with Crippen molar-refractivity contribution < 1.29 is 42.8 Å². The molecule has 1 amide bonds. The molecule has 0 radical (unpaired) electrons. The number of carbonyl (C=O) groups excluding carboxylic acids is 3. The summed E-state index contributed by atoms with van der Waals surface area (Å²) in [6.07, 6.45) is 0.930. The van der Waals surface area contributed by atoms with E-state index in [9.17, 15) is 19.6 Å². The number of hydrogen-bond acceptors (Lipinski definition) is 9. The van der Waals surface area contributed by atoms with Crippen molar-refractivity contribution in [2.75, 3.05) is 14.2 Å². The number of nitrogens with zero attached hydrogens (tertiary/aromatic N) is 1. The highest BCUT2D eigenvalue weighted by atomic mass is 16.6. The Balaban J connectivity index is 2.28. The maximum Gasteiger partial charge on any atom is 0.408 e. The molecule has 0 bridgehead atoms. The number of hydrogen-bond donors (Lipinski definition) is 1. The number of alkyl carbamates (subject to hydrolysis) is 1. The zero-order valence-corrected chi connectivity index (χ0v) is 27.6. The summed E-state index contributed by atoms with van der Waals surface area (Å²) in [5.41, 5.74) is -0.261. The fourth-order valence-electron chi connectivity index (χ4n) is 4.42. The Morgan fingerprint density at radius 3 is 2.14 bits per heavy atom. The van der Waals surface area contributed by atoms with E-state index in [0.717, 1.165) is 5.56 Å². The van der Waals surface area contributed by atoms with Gasteiger partial charge in [-0.05, 0) is 83.9 Å².